The maximum atomic E-state index is 12.8. The predicted octanol–water partition coefficient (Wildman–Crippen LogP) is 3.45. The lowest BCUT2D eigenvalue weighted by molar-refractivity contribution is 0.628. The van der Waals surface area contributed by atoms with E-state index in [0.717, 1.165) is 23.5 Å². The van der Waals surface area contributed by atoms with Crippen LogP contribution < -0.4 is 5.73 Å². The third-order valence-electron chi connectivity index (χ3n) is 1.97. The van der Waals surface area contributed by atoms with Crippen molar-refractivity contribution in [3.63, 3.8) is 0 Å². The lowest BCUT2D eigenvalue weighted by Crippen LogP contribution is -2.15. The average molecular weight is 248 g/mol. The highest BCUT2D eigenvalue weighted by Crippen LogP contribution is 2.20. The van der Waals surface area contributed by atoms with Gasteiger partial charge in [-0.05, 0) is 36.8 Å². The Balaban J connectivity index is 2.35. The molecule has 0 amide bonds. The summed E-state index contributed by atoms with van der Waals surface area (Å²) < 4.78 is 12.8. The number of thioether (sulfide) groups is 1. The van der Waals surface area contributed by atoms with E-state index in [4.69, 9.17) is 17.3 Å². The van der Waals surface area contributed by atoms with Crippen LogP contribution in [0.3, 0.4) is 0 Å². The van der Waals surface area contributed by atoms with E-state index in [2.05, 4.69) is 0 Å². The summed E-state index contributed by atoms with van der Waals surface area (Å²) in [5, 5.41) is 0.195. The molecular formula is C11H15ClFNS. The van der Waals surface area contributed by atoms with Crippen molar-refractivity contribution in [2.24, 2.45) is 5.73 Å². The molecule has 0 aliphatic carbocycles. The summed E-state index contributed by atoms with van der Waals surface area (Å²) in [6, 6.07) is 5.09. The number of rotatable bonds is 5. The van der Waals surface area contributed by atoms with Crippen molar-refractivity contribution in [2.45, 2.75) is 25.1 Å². The summed E-state index contributed by atoms with van der Waals surface area (Å²) in [6.07, 6.45) is 1.000. The van der Waals surface area contributed by atoms with Crippen molar-refractivity contribution >= 4 is 23.4 Å². The van der Waals surface area contributed by atoms with Gasteiger partial charge in [-0.25, -0.2) is 4.39 Å². The van der Waals surface area contributed by atoms with Gasteiger partial charge in [0.05, 0.1) is 5.02 Å². The van der Waals surface area contributed by atoms with Gasteiger partial charge in [-0.3, -0.25) is 0 Å². The normalized spacial score (nSPS) is 12.8. The number of hydrogen-bond donors (Lipinski definition) is 1. The lowest BCUT2D eigenvalue weighted by Gasteiger charge is -2.05. The topological polar surface area (TPSA) is 26.0 Å². The Bertz CT molecular complexity index is 317. The summed E-state index contributed by atoms with van der Waals surface area (Å²) in [5.74, 6) is 1.51. The van der Waals surface area contributed by atoms with Gasteiger partial charge in [0, 0.05) is 11.8 Å². The maximum absolute atomic E-state index is 12.8. The van der Waals surface area contributed by atoms with E-state index in [1.807, 2.05) is 6.92 Å². The summed E-state index contributed by atoms with van der Waals surface area (Å²) in [4.78, 5) is 0. The molecule has 0 saturated carbocycles. The minimum atomic E-state index is -0.360. The molecule has 2 N–H and O–H groups in total. The Labute approximate surface area is 99.2 Å². The van der Waals surface area contributed by atoms with Gasteiger partial charge in [-0.2, -0.15) is 11.8 Å². The van der Waals surface area contributed by atoms with Crippen LogP contribution in [0.25, 0.3) is 0 Å². The molecule has 1 atom stereocenters. The predicted molar refractivity (Wildman–Crippen MR) is 65.8 cm³/mol. The molecule has 0 spiro atoms. The molecule has 0 fully saturated rings. The fraction of sp³-hybridized carbons (Fsp3) is 0.455. The van der Waals surface area contributed by atoms with Crippen molar-refractivity contribution in [2.75, 3.05) is 5.75 Å². The number of benzene rings is 1. The average Bonchev–Trinajstić information content (AvgIpc) is 2.18. The van der Waals surface area contributed by atoms with Crippen LogP contribution in [0.1, 0.15) is 18.9 Å². The Morgan fingerprint density at radius 1 is 1.53 bits per heavy atom. The molecule has 0 saturated heterocycles. The molecular weight excluding hydrogens is 233 g/mol. The minimum absolute atomic E-state index is 0.195. The summed E-state index contributed by atoms with van der Waals surface area (Å²) in [7, 11) is 0. The molecule has 0 aliphatic heterocycles. The van der Waals surface area contributed by atoms with E-state index >= 15 is 0 Å². The van der Waals surface area contributed by atoms with Crippen molar-refractivity contribution in [3.05, 3.63) is 34.6 Å². The Kier molecular flexibility index (Phi) is 5.43. The van der Waals surface area contributed by atoms with Crippen LogP contribution in [0.2, 0.25) is 5.02 Å². The van der Waals surface area contributed by atoms with Gasteiger partial charge in [0.15, 0.2) is 0 Å². The number of nitrogens with two attached hydrogens (primary N) is 1. The van der Waals surface area contributed by atoms with E-state index in [-0.39, 0.29) is 16.9 Å². The highest BCUT2D eigenvalue weighted by atomic mass is 35.5. The van der Waals surface area contributed by atoms with E-state index in [0.29, 0.717) is 0 Å². The Morgan fingerprint density at radius 2 is 2.27 bits per heavy atom. The smallest absolute Gasteiger partial charge is 0.141 e. The van der Waals surface area contributed by atoms with Gasteiger partial charge in [0.2, 0.25) is 0 Å². The standard InChI is InChI=1S/C11H15ClFNS/c1-8(14)4-5-15-7-9-2-3-11(13)10(12)6-9/h2-3,6,8H,4-5,7,14H2,1H3. The summed E-state index contributed by atoms with van der Waals surface area (Å²) in [6.45, 7) is 2.00. The second-order valence-corrected chi connectivity index (χ2v) is 5.08. The Morgan fingerprint density at radius 3 is 2.87 bits per heavy atom. The van der Waals surface area contributed by atoms with Crippen LogP contribution in [-0.4, -0.2) is 11.8 Å². The van der Waals surface area contributed by atoms with Gasteiger partial charge in [-0.1, -0.05) is 17.7 Å². The molecule has 1 aromatic rings. The van der Waals surface area contributed by atoms with Crippen molar-refractivity contribution < 1.29 is 4.39 Å². The first kappa shape index (κ1) is 12.8. The molecule has 0 aromatic heterocycles. The quantitative estimate of drug-likeness (QED) is 0.807. The second-order valence-electron chi connectivity index (χ2n) is 3.57. The first-order valence-electron chi connectivity index (χ1n) is 4.87. The first-order valence-corrected chi connectivity index (χ1v) is 6.40. The molecule has 1 unspecified atom stereocenters. The first-order chi connectivity index (χ1) is 7.09. The number of hydrogen-bond acceptors (Lipinski definition) is 2. The molecule has 4 heteroatoms. The van der Waals surface area contributed by atoms with Crippen LogP contribution >= 0.6 is 23.4 Å². The third-order valence-corrected chi connectivity index (χ3v) is 3.32. The highest BCUT2D eigenvalue weighted by molar-refractivity contribution is 7.98. The molecule has 1 nitrogen and oxygen atoms in total. The molecule has 0 bridgehead atoms. The highest BCUT2D eigenvalue weighted by Gasteiger charge is 2.01. The van der Waals surface area contributed by atoms with E-state index in [1.165, 1.54) is 6.07 Å². The Hall–Kier alpha value is -0.250. The van der Waals surface area contributed by atoms with Crippen LogP contribution in [-0.2, 0) is 5.75 Å². The molecule has 0 heterocycles. The molecule has 1 aromatic carbocycles. The van der Waals surface area contributed by atoms with Crippen molar-refractivity contribution in [1.82, 2.24) is 0 Å². The van der Waals surface area contributed by atoms with Crippen LogP contribution in [0.5, 0.6) is 0 Å². The fourth-order valence-electron chi connectivity index (χ4n) is 1.09. The summed E-state index contributed by atoms with van der Waals surface area (Å²) >= 11 is 7.46. The molecule has 1 rings (SSSR count). The largest absolute Gasteiger partial charge is 0.328 e. The fourth-order valence-corrected chi connectivity index (χ4v) is 2.39. The van der Waals surface area contributed by atoms with Gasteiger partial charge in [0.1, 0.15) is 5.82 Å². The van der Waals surface area contributed by atoms with Crippen LogP contribution in [0, 0.1) is 5.82 Å². The molecule has 0 aliphatic rings. The van der Waals surface area contributed by atoms with Gasteiger partial charge in [-0.15, -0.1) is 0 Å². The van der Waals surface area contributed by atoms with E-state index in [1.54, 1.807) is 23.9 Å². The molecule has 84 valence electrons. The van der Waals surface area contributed by atoms with Crippen LogP contribution in [0.4, 0.5) is 4.39 Å². The second kappa shape index (κ2) is 6.36. The van der Waals surface area contributed by atoms with Crippen molar-refractivity contribution in [3.8, 4) is 0 Å². The van der Waals surface area contributed by atoms with Crippen molar-refractivity contribution in [1.29, 1.82) is 0 Å². The van der Waals surface area contributed by atoms with Gasteiger partial charge < -0.3 is 5.73 Å². The van der Waals surface area contributed by atoms with Gasteiger partial charge in [0.25, 0.3) is 0 Å². The SMILES string of the molecule is CC(N)CCSCc1ccc(F)c(Cl)c1. The molecule has 0 radical (unpaired) electrons. The molecule has 15 heavy (non-hydrogen) atoms. The summed E-state index contributed by atoms with van der Waals surface area (Å²) in [5.41, 5.74) is 6.68. The third kappa shape index (κ3) is 4.87. The lowest BCUT2D eigenvalue weighted by atomic mass is 10.2. The maximum Gasteiger partial charge on any atom is 0.141 e. The monoisotopic (exact) mass is 247 g/mol. The van der Waals surface area contributed by atoms with E-state index < -0.39 is 0 Å². The van der Waals surface area contributed by atoms with E-state index in [9.17, 15) is 4.39 Å². The zero-order chi connectivity index (χ0) is 11.3. The van der Waals surface area contributed by atoms with Gasteiger partial charge >= 0.3 is 0 Å². The minimum Gasteiger partial charge on any atom is -0.328 e. The number of halogens is 2. The zero-order valence-electron chi connectivity index (χ0n) is 8.67. The zero-order valence-corrected chi connectivity index (χ0v) is 10.2. The van der Waals surface area contributed by atoms with Crippen LogP contribution in [0.15, 0.2) is 18.2 Å².